The second kappa shape index (κ2) is 8.30. The second-order valence-electron chi connectivity index (χ2n) is 7.81. The van der Waals surface area contributed by atoms with E-state index in [1.165, 1.54) is 16.5 Å². The fourth-order valence-corrected chi connectivity index (χ4v) is 3.77. The predicted octanol–water partition coefficient (Wildman–Crippen LogP) is 3.51. The Balaban J connectivity index is 1.18. The number of rotatable bonds is 6. The summed E-state index contributed by atoms with van der Waals surface area (Å²) in [5.74, 6) is 1.00. The highest BCUT2D eigenvalue weighted by Gasteiger charge is 2.20. The van der Waals surface area contributed by atoms with Crippen LogP contribution in [0.25, 0.3) is 22.2 Å². The van der Waals surface area contributed by atoms with Crippen molar-refractivity contribution in [3.05, 3.63) is 76.5 Å². The summed E-state index contributed by atoms with van der Waals surface area (Å²) in [6, 6.07) is 14.8. The molecular weight excluding hydrogens is 410 g/mol. The monoisotopic (exact) mass is 431 g/mol. The molecule has 2 aromatic heterocycles. The maximum atomic E-state index is 12.5. The summed E-state index contributed by atoms with van der Waals surface area (Å²) in [4.78, 5) is 28.9. The smallest absolute Gasteiger partial charge is 0.307 e. The molecule has 0 fully saturated rings. The maximum absolute atomic E-state index is 12.5. The first kappa shape index (κ1) is 20.0. The van der Waals surface area contributed by atoms with Crippen LogP contribution in [-0.2, 0) is 29.1 Å². The minimum absolute atomic E-state index is 0.00826. The van der Waals surface area contributed by atoms with E-state index >= 15 is 0 Å². The number of hydrogen-bond donors (Lipinski definition) is 0. The SMILES string of the molecule is CC1Cc2ccc(-c3cc(COC(=O)CCn4cnc5ccccc5c4=O)no3)cc2O1. The van der Waals surface area contributed by atoms with Gasteiger partial charge in [-0.15, -0.1) is 0 Å². The molecule has 32 heavy (non-hydrogen) atoms. The lowest BCUT2D eigenvalue weighted by Gasteiger charge is -2.06. The number of para-hydroxylation sites is 1. The molecule has 1 aliphatic rings. The Kier molecular flexibility index (Phi) is 5.18. The van der Waals surface area contributed by atoms with Crippen molar-refractivity contribution in [1.82, 2.24) is 14.7 Å². The van der Waals surface area contributed by atoms with Crippen LogP contribution >= 0.6 is 0 Å². The highest BCUT2D eigenvalue weighted by Crippen LogP contribution is 2.33. The van der Waals surface area contributed by atoms with Gasteiger partial charge in [-0.25, -0.2) is 4.98 Å². The van der Waals surface area contributed by atoms with Crippen LogP contribution in [-0.4, -0.2) is 26.8 Å². The number of carbonyl (C=O) groups is 1. The average Bonchev–Trinajstić information content (AvgIpc) is 3.42. The number of esters is 1. The fourth-order valence-electron chi connectivity index (χ4n) is 3.77. The molecule has 0 bridgehead atoms. The summed E-state index contributed by atoms with van der Waals surface area (Å²) in [7, 11) is 0. The molecule has 0 N–H and O–H groups in total. The Morgan fingerprint density at radius 2 is 2.09 bits per heavy atom. The van der Waals surface area contributed by atoms with Crippen molar-refractivity contribution in [2.24, 2.45) is 0 Å². The number of nitrogens with zero attached hydrogens (tertiary/aromatic N) is 3. The normalized spacial score (nSPS) is 14.8. The first-order valence-electron chi connectivity index (χ1n) is 10.4. The van der Waals surface area contributed by atoms with Crippen molar-refractivity contribution < 1.29 is 18.8 Å². The van der Waals surface area contributed by atoms with Crippen molar-refractivity contribution in [3.8, 4) is 17.1 Å². The van der Waals surface area contributed by atoms with E-state index in [0.29, 0.717) is 22.4 Å². The molecule has 1 unspecified atom stereocenters. The van der Waals surface area contributed by atoms with Gasteiger partial charge in [0.2, 0.25) is 0 Å². The van der Waals surface area contributed by atoms with Crippen molar-refractivity contribution >= 4 is 16.9 Å². The van der Waals surface area contributed by atoms with Gasteiger partial charge in [-0.3, -0.25) is 14.2 Å². The van der Waals surface area contributed by atoms with Gasteiger partial charge in [0.1, 0.15) is 24.2 Å². The minimum Gasteiger partial charge on any atom is -0.490 e. The van der Waals surface area contributed by atoms with Gasteiger partial charge in [-0.2, -0.15) is 0 Å². The van der Waals surface area contributed by atoms with E-state index in [1.807, 2.05) is 31.2 Å². The van der Waals surface area contributed by atoms with Gasteiger partial charge in [-0.1, -0.05) is 29.4 Å². The highest BCUT2D eigenvalue weighted by atomic mass is 16.5. The Labute approximate surface area is 183 Å². The Morgan fingerprint density at radius 3 is 3.00 bits per heavy atom. The lowest BCUT2D eigenvalue weighted by atomic mass is 10.1. The maximum Gasteiger partial charge on any atom is 0.307 e. The topological polar surface area (TPSA) is 96.5 Å². The van der Waals surface area contributed by atoms with Crippen LogP contribution in [0.4, 0.5) is 0 Å². The molecule has 162 valence electrons. The predicted molar refractivity (Wildman–Crippen MR) is 116 cm³/mol. The van der Waals surface area contributed by atoms with Crippen LogP contribution in [0.3, 0.4) is 0 Å². The molecule has 0 saturated carbocycles. The average molecular weight is 431 g/mol. The van der Waals surface area contributed by atoms with Crippen LogP contribution in [0, 0.1) is 0 Å². The summed E-state index contributed by atoms with van der Waals surface area (Å²) in [6.45, 7) is 2.21. The third kappa shape index (κ3) is 3.99. The van der Waals surface area contributed by atoms with Gasteiger partial charge in [0.05, 0.1) is 23.7 Å². The zero-order valence-corrected chi connectivity index (χ0v) is 17.5. The Morgan fingerprint density at radius 1 is 1.22 bits per heavy atom. The van der Waals surface area contributed by atoms with Crippen molar-refractivity contribution in [1.29, 1.82) is 0 Å². The molecule has 1 aliphatic heterocycles. The van der Waals surface area contributed by atoms with E-state index in [1.54, 1.807) is 24.3 Å². The molecule has 0 amide bonds. The molecule has 2 aromatic carbocycles. The first-order valence-corrected chi connectivity index (χ1v) is 10.4. The summed E-state index contributed by atoms with van der Waals surface area (Å²) in [6.07, 6.45) is 2.56. The third-order valence-corrected chi connectivity index (χ3v) is 5.42. The number of benzene rings is 2. The zero-order valence-electron chi connectivity index (χ0n) is 17.5. The fraction of sp³-hybridized carbons (Fsp3) is 0.250. The molecule has 0 saturated heterocycles. The Hall–Kier alpha value is -3.94. The van der Waals surface area contributed by atoms with E-state index in [9.17, 15) is 9.59 Å². The summed E-state index contributed by atoms with van der Waals surface area (Å²) in [5.41, 5.74) is 2.98. The van der Waals surface area contributed by atoms with Gasteiger partial charge >= 0.3 is 5.97 Å². The summed E-state index contributed by atoms with van der Waals surface area (Å²) >= 11 is 0. The largest absolute Gasteiger partial charge is 0.490 e. The summed E-state index contributed by atoms with van der Waals surface area (Å²) in [5, 5.41) is 4.50. The number of aryl methyl sites for hydroxylation is 1. The van der Waals surface area contributed by atoms with Crippen molar-refractivity contribution in [2.75, 3.05) is 0 Å². The van der Waals surface area contributed by atoms with Crippen LogP contribution in [0.5, 0.6) is 5.75 Å². The van der Waals surface area contributed by atoms with Gasteiger partial charge < -0.3 is 14.0 Å². The number of carbonyl (C=O) groups excluding carboxylic acids is 1. The third-order valence-electron chi connectivity index (χ3n) is 5.42. The van der Waals surface area contributed by atoms with E-state index in [0.717, 1.165) is 17.7 Å². The van der Waals surface area contributed by atoms with Crippen molar-refractivity contribution in [3.63, 3.8) is 0 Å². The van der Waals surface area contributed by atoms with E-state index in [4.69, 9.17) is 14.0 Å². The summed E-state index contributed by atoms with van der Waals surface area (Å²) < 4.78 is 17.9. The quantitative estimate of drug-likeness (QED) is 0.431. The molecule has 8 nitrogen and oxygen atoms in total. The molecule has 5 rings (SSSR count). The van der Waals surface area contributed by atoms with E-state index in [2.05, 4.69) is 10.1 Å². The van der Waals surface area contributed by atoms with Gasteiger partial charge in [0, 0.05) is 24.6 Å². The number of ether oxygens (including phenoxy) is 2. The van der Waals surface area contributed by atoms with Gasteiger partial charge in [0.25, 0.3) is 5.56 Å². The second-order valence-corrected chi connectivity index (χ2v) is 7.81. The zero-order chi connectivity index (χ0) is 22.1. The highest BCUT2D eigenvalue weighted by molar-refractivity contribution is 5.77. The number of aromatic nitrogens is 3. The molecule has 8 heteroatoms. The number of hydrogen-bond acceptors (Lipinski definition) is 7. The minimum atomic E-state index is -0.436. The van der Waals surface area contributed by atoms with Crippen molar-refractivity contribution in [2.45, 2.75) is 39.0 Å². The molecule has 0 spiro atoms. The molecule has 1 atom stereocenters. The molecule has 0 radical (unpaired) electrons. The first-order chi connectivity index (χ1) is 15.6. The van der Waals surface area contributed by atoms with Crippen LogP contribution in [0.15, 0.2) is 64.2 Å². The van der Waals surface area contributed by atoms with E-state index < -0.39 is 5.97 Å². The molecular formula is C24H21N3O5. The van der Waals surface area contributed by atoms with Crippen LogP contribution < -0.4 is 10.3 Å². The molecule has 4 aromatic rings. The standard InChI is InChI=1S/C24H21N3O5/c1-15-10-16-6-7-17(11-21(16)31-15)22-12-18(26-32-22)13-30-23(28)8-9-27-14-25-20-5-3-2-4-19(20)24(27)29/h2-7,11-12,14-15H,8-10,13H2,1H3. The number of fused-ring (bicyclic) bond motifs is 2. The van der Waals surface area contributed by atoms with Crippen LogP contribution in [0.2, 0.25) is 0 Å². The Bertz CT molecular complexity index is 1360. The molecule has 0 aliphatic carbocycles. The molecule has 3 heterocycles. The van der Waals surface area contributed by atoms with E-state index in [-0.39, 0.29) is 31.2 Å². The lowest BCUT2D eigenvalue weighted by Crippen LogP contribution is -2.22. The van der Waals surface area contributed by atoms with Gasteiger partial charge in [0.15, 0.2) is 5.76 Å². The van der Waals surface area contributed by atoms with Gasteiger partial charge in [-0.05, 0) is 30.7 Å². The lowest BCUT2D eigenvalue weighted by molar-refractivity contribution is -0.145. The van der Waals surface area contributed by atoms with Crippen LogP contribution in [0.1, 0.15) is 24.6 Å².